The van der Waals surface area contributed by atoms with Crippen LogP contribution in [0, 0.1) is 0 Å². The molecule has 0 fully saturated rings. The van der Waals surface area contributed by atoms with E-state index in [-0.39, 0.29) is 11.3 Å². The van der Waals surface area contributed by atoms with Gasteiger partial charge in [0.2, 0.25) is 0 Å². The van der Waals surface area contributed by atoms with Crippen LogP contribution in [0.15, 0.2) is 12.1 Å². The normalized spacial score (nSPS) is 14.5. The summed E-state index contributed by atoms with van der Waals surface area (Å²) in [6.45, 7) is 0.971. The number of carbonyl (C=O) groups is 1. The number of aryl methyl sites for hydroxylation is 1. The third-order valence-electron chi connectivity index (χ3n) is 2.95. The molecule has 0 unspecified atom stereocenters. The Morgan fingerprint density at radius 2 is 2.25 bits per heavy atom. The van der Waals surface area contributed by atoms with Crippen molar-refractivity contribution in [1.29, 1.82) is 0 Å². The number of phenols is 1. The number of ether oxygens (including phenoxy) is 1. The quantitative estimate of drug-likeness (QED) is 0.731. The predicted octanol–water partition coefficient (Wildman–Crippen LogP) is 1.56. The van der Waals surface area contributed by atoms with E-state index in [2.05, 4.69) is 9.64 Å². The molecule has 0 spiro atoms. The SMILES string of the molecule is COC(=O)c1cc2c(cc1O)CCCN2C. The van der Waals surface area contributed by atoms with Crippen LogP contribution in [0.25, 0.3) is 0 Å². The molecule has 4 nitrogen and oxygen atoms in total. The van der Waals surface area contributed by atoms with Crippen LogP contribution in [-0.4, -0.2) is 31.8 Å². The number of anilines is 1. The van der Waals surface area contributed by atoms with Gasteiger partial charge in [-0.05, 0) is 30.5 Å². The maximum absolute atomic E-state index is 11.4. The minimum Gasteiger partial charge on any atom is -0.507 e. The van der Waals surface area contributed by atoms with Crippen molar-refractivity contribution in [3.63, 3.8) is 0 Å². The van der Waals surface area contributed by atoms with E-state index in [1.165, 1.54) is 7.11 Å². The van der Waals surface area contributed by atoms with Gasteiger partial charge in [-0.1, -0.05) is 0 Å². The van der Waals surface area contributed by atoms with Gasteiger partial charge in [0.1, 0.15) is 11.3 Å². The summed E-state index contributed by atoms with van der Waals surface area (Å²) in [5, 5.41) is 9.73. The number of carbonyl (C=O) groups excluding carboxylic acids is 1. The Kier molecular flexibility index (Phi) is 2.73. The lowest BCUT2D eigenvalue weighted by Crippen LogP contribution is -2.25. The molecule has 0 aromatic heterocycles. The summed E-state index contributed by atoms with van der Waals surface area (Å²) in [6.07, 6.45) is 2.01. The molecule has 0 atom stereocenters. The molecule has 1 aromatic carbocycles. The maximum atomic E-state index is 11.4. The van der Waals surface area contributed by atoms with E-state index in [0.29, 0.717) is 0 Å². The largest absolute Gasteiger partial charge is 0.507 e. The Morgan fingerprint density at radius 1 is 1.50 bits per heavy atom. The Morgan fingerprint density at radius 3 is 2.94 bits per heavy atom. The second-order valence-corrected chi connectivity index (χ2v) is 4.01. The van der Waals surface area contributed by atoms with E-state index in [4.69, 9.17) is 0 Å². The predicted molar refractivity (Wildman–Crippen MR) is 61.0 cm³/mol. The number of aromatic hydroxyl groups is 1. The molecule has 86 valence electrons. The first-order valence-electron chi connectivity index (χ1n) is 5.29. The zero-order valence-electron chi connectivity index (χ0n) is 9.49. The number of hydrogen-bond acceptors (Lipinski definition) is 4. The van der Waals surface area contributed by atoms with Crippen molar-refractivity contribution in [2.75, 3.05) is 25.6 Å². The molecule has 1 aliphatic heterocycles. The third-order valence-corrected chi connectivity index (χ3v) is 2.95. The van der Waals surface area contributed by atoms with Crippen molar-refractivity contribution in [3.05, 3.63) is 23.3 Å². The van der Waals surface area contributed by atoms with Crippen LogP contribution in [0.1, 0.15) is 22.3 Å². The minimum absolute atomic E-state index is 0.000833. The molecule has 1 aromatic rings. The highest BCUT2D eigenvalue weighted by Crippen LogP contribution is 2.32. The van der Waals surface area contributed by atoms with Gasteiger partial charge in [-0.3, -0.25) is 0 Å². The van der Waals surface area contributed by atoms with Crippen molar-refractivity contribution >= 4 is 11.7 Å². The van der Waals surface area contributed by atoms with Crippen molar-refractivity contribution in [1.82, 2.24) is 0 Å². The Labute approximate surface area is 94.4 Å². The van der Waals surface area contributed by atoms with Crippen LogP contribution in [0.5, 0.6) is 5.75 Å². The first kappa shape index (κ1) is 10.8. The summed E-state index contributed by atoms with van der Waals surface area (Å²) in [5.74, 6) is -0.500. The number of esters is 1. The van der Waals surface area contributed by atoms with E-state index in [1.807, 2.05) is 7.05 Å². The number of methoxy groups -OCH3 is 1. The second kappa shape index (κ2) is 4.04. The minimum atomic E-state index is -0.501. The lowest BCUT2D eigenvalue weighted by atomic mass is 9.99. The summed E-state index contributed by atoms with van der Waals surface area (Å²) in [4.78, 5) is 13.5. The Balaban J connectivity index is 2.50. The fraction of sp³-hybridized carbons (Fsp3) is 0.417. The monoisotopic (exact) mass is 221 g/mol. The molecular formula is C12H15NO3. The van der Waals surface area contributed by atoms with Gasteiger partial charge in [-0.15, -0.1) is 0 Å². The highest BCUT2D eigenvalue weighted by molar-refractivity contribution is 5.94. The Hall–Kier alpha value is -1.71. The Bertz CT molecular complexity index is 429. The number of rotatable bonds is 1. The molecule has 1 N–H and O–H groups in total. The lowest BCUT2D eigenvalue weighted by Gasteiger charge is -2.28. The number of benzene rings is 1. The van der Waals surface area contributed by atoms with Crippen LogP contribution in [0.2, 0.25) is 0 Å². The van der Waals surface area contributed by atoms with Crippen LogP contribution < -0.4 is 4.90 Å². The smallest absolute Gasteiger partial charge is 0.341 e. The molecule has 0 amide bonds. The average Bonchev–Trinajstić information content (AvgIpc) is 2.28. The van der Waals surface area contributed by atoms with E-state index < -0.39 is 5.97 Å². The van der Waals surface area contributed by atoms with Gasteiger partial charge in [-0.25, -0.2) is 4.79 Å². The standard InChI is InChI=1S/C12H15NO3/c1-13-5-3-4-8-6-11(14)9(7-10(8)13)12(15)16-2/h6-7,14H,3-5H2,1-2H3. The van der Waals surface area contributed by atoms with Gasteiger partial charge in [0, 0.05) is 19.3 Å². The van der Waals surface area contributed by atoms with E-state index in [9.17, 15) is 9.90 Å². The third kappa shape index (κ3) is 1.71. The van der Waals surface area contributed by atoms with Gasteiger partial charge in [0.15, 0.2) is 0 Å². The van der Waals surface area contributed by atoms with E-state index in [0.717, 1.165) is 30.6 Å². The molecule has 2 rings (SSSR count). The second-order valence-electron chi connectivity index (χ2n) is 4.01. The van der Waals surface area contributed by atoms with Gasteiger partial charge in [-0.2, -0.15) is 0 Å². The molecule has 1 heterocycles. The molecule has 0 aliphatic carbocycles. The van der Waals surface area contributed by atoms with E-state index in [1.54, 1.807) is 12.1 Å². The molecule has 4 heteroatoms. The van der Waals surface area contributed by atoms with Crippen molar-refractivity contribution in [2.24, 2.45) is 0 Å². The lowest BCUT2D eigenvalue weighted by molar-refractivity contribution is 0.0597. The van der Waals surface area contributed by atoms with Crippen LogP contribution in [0.3, 0.4) is 0 Å². The number of nitrogens with zero attached hydrogens (tertiary/aromatic N) is 1. The number of fused-ring (bicyclic) bond motifs is 1. The highest BCUT2D eigenvalue weighted by Gasteiger charge is 2.20. The maximum Gasteiger partial charge on any atom is 0.341 e. The molecule has 1 aliphatic rings. The summed E-state index contributed by atoms with van der Waals surface area (Å²) < 4.78 is 4.63. The van der Waals surface area contributed by atoms with E-state index >= 15 is 0 Å². The summed E-state index contributed by atoms with van der Waals surface area (Å²) in [5.41, 5.74) is 2.32. The molecule has 0 bridgehead atoms. The van der Waals surface area contributed by atoms with Gasteiger partial charge in [0.05, 0.1) is 7.11 Å². The zero-order valence-corrected chi connectivity index (χ0v) is 9.49. The molecule has 0 saturated heterocycles. The first-order chi connectivity index (χ1) is 7.63. The van der Waals surface area contributed by atoms with Crippen LogP contribution in [0.4, 0.5) is 5.69 Å². The van der Waals surface area contributed by atoms with Crippen molar-refractivity contribution in [3.8, 4) is 5.75 Å². The average molecular weight is 221 g/mol. The number of phenolic OH excluding ortho intramolecular Hbond substituents is 1. The molecule has 16 heavy (non-hydrogen) atoms. The fourth-order valence-corrected chi connectivity index (χ4v) is 2.08. The molecular weight excluding hydrogens is 206 g/mol. The number of hydrogen-bond donors (Lipinski definition) is 1. The zero-order chi connectivity index (χ0) is 11.7. The van der Waals surface area contributed by atoms with Gasteiger partial charge < -0.3 is 14.7 Å². The summed E-state index contributed by atoms with van der Waals surface area (Å²) >= 11 is 0. The van der Waals surface area contributed by atoms with Crippen LogP contribution in [-0.2, 0) is 11.2 Å². The van der Waals surface area contributed by atoms with Crippen LogP contribution >= 0.6 is 0 Å². The van der Waals surface area contributed by atoms with Crippen molar-refractivity contribution < 1.29 is 14.6 Å². The molecule has 0 radical (unpaired) electrons. The molecule has 0 saturated carbocycles. The fourth-order valence-electron chi connectivity index (χ4n) is 2.08. The van der Waals surface area contributed by atoms with Crippen molar-refractivity contribution in [2.45, 2.75) is 12.8 Å². The first-order valence-corrected chi connectivity index (χ1v) is 5.29. The summed E-state index contributed by atoms with van der Waals surface area (Å²) in [6, 6.07) is 3.37. The van der Waals surface area contributed by atoms with Gasteiger partial charge >= 0.3 is 5.97 Å². The summed E-state index contributed by atoms with van der Waals surface area (Å²) in [7, 11) is 3.29. The van der Waals surface area contributed by atoms with Gasteiger partial charge in [0.25, 0.3) is 0 Å². The topological polar surface area (TPSA) is 49.8 Å². The highest BCUT2D eigenvalue weighted by atomic mass is 16.5.